The molecular formula is C19H16N6OS. The van der Waals surface area contributed by atoms with Gasteiger partial charge in [-0.05, 0) is 37.3 Å². The van der Waals surface area contributed by atoms with E-state index in [1.807, 2.05) is 31.2 Å². The van der Waals surface area contributed by atoms with Crippen LogP contribution in [0.5, 0.6) is 0 Å². The highest BCUT2D eigenvalue weighted by atomic mass is 32.1. The zero-order chi connectivity index (χ0) is 18.5. The van der Waals surface area contributed by atoms with E-state index in [0.29, 0.717) is 18.2 Å². The second-order valence-electron chi connectivity index (χ2n) is 6.47. The maximum atomic E-state index is 12.5. The molecule has 1 aliphatic rings. The van der Waals surface area contributed by atoms with Crippen LogP contribution in [0, 0.1) is 0 Å². The number of nitrogens with zero attached hydrogens (tertiary/aromatic N) is 4. The van der Waals surface area contributed by atoms with Gasteiger partial charge >= 0.3 is 0 Å². The molecule has 3 aromatic heterocycles. The fraction of sp³-hybridized carbons (Fsp3) is 0.158. The van der Waals surface area contributed by atoms with Crippen molar-refractivity contribution in [3.8, 4) is 5.82 Å². The fourth-order valence-corrected chi connectivity index (χ4v) is 4.50. The molecule has 4 heterocycles. The van der Waals surface area contributed by atoms with E-state index in [9.17, 15) is 4.79 Å². The molecule has 8 heteroatoms. The molecule has 0 spiro atoms. The highest BCUT2D eigenvalue weighted by Crippen LogP contribution is 2.40. The number of thiophene rings is 1. The zero-order valence-electron chi connectivity index (χ0n) is 14.6. The van der Waals surface area contributed by atoms with Gasteiger partial charge in [-0.1, -0.05) is 6.58 Å². The molecule has 7 nitrogen and oxygen atoms in total. The van der Waals surface area contributed by atoms with Gasteiger partial charge in [0.25, 0.3) is 5.91 Å². The molecule has 1 atom stereocenters. The quantitative estimate of drug-likeness (QED) is 0.561. The number of nitrogens with one attached hydrogen (secondary N) is 2. The third kappa shape index (κ3) is 2.41. The lowest BCUT2D eigenvalue weighted by molar-refractivity contribution is 0.0949. The Kier molecular flexibility index (Phi) is 3.48. The summed E-state index contributed by atoms with van der Waals surface area (Å²) in [6.45, 7) is 6.44. The molecule has 0 unspecified atom stereocenters. The zero-order valence-corrected chi connectivity index (χ0v) is 15.4. The van der Waals surface area contributed by atoms with Crippen LogP contribution in [0.15, 0.2) is 37.2 Å². The Bertz CT molecular complexity index is 1220. The Morgan fingerprint density at radius 3 is 3.07 bits per heavy atom. The van der Waals surface area contributed by atoms with Gasteiger partial charge in [-0.25, -0.2) is 9.97 Å². The number of hydrogen-bond acceptors (Lipinski definition) is 6. The van der Waals surface area contributed by atoms with Crippen LogP contribution in [0.2, 0.25) is 0 Å². The predicted octanol–water partition coefficient (Wildman–Crippen LogP) is 3.22. The fourth-order valence-electron chi connectivity index (χ4n) is 3.40. The number of rotatable bonds is 2. The molecule has 1 amide bonds. The minimum absolute atomic E-state index is 0.0281. The summed E-state index contributed by atoms with van der Waals surface area (Å²) in [5.74, 6) is 1.29. The van der Waals surface area contributed by atoms with Crippen molar-refractivity contribution in [1.82, 2.24) is 25.1 Å². The highest BCUT2D eigenvalue weighted by molar-refractivity contribution is 7.21. The summed E-state index contributed by atoms with van der Waals surface area (Å²) in [4.78, 5) is 22.1. The summed E-state index contributed by atoms with van der Waals surface area (Å²) >= 11 is 1.50. The number of benzene rings is 1. The van der Waals surface area contributed by atoms with Gasteiger partial charge < -0.3 is 10.6 Å². The summed E-state index contributed by atoms with van der Waals surface area (Å²) in [7, 11) is 0. The molecule has 2 N–H and O–H groups in total. The standard InChI is InChI=1S/C19H16N6OS/c1-3-14-21-9-22-25(14)15-7-4-11-12(24-15)5-6-13-16(11)17-18(27-13)19(26)23-10(2)8-20-17/h3-7,9-10,20H,1,8H2,2H3,(H,23,26)/t10-/m1/s1. The smallest absolute Gasteiger partial charge is 0.263 e. The first-order valence-electron chi connectivity index (χ1n) is 8.59. The Balaban J connectivity index is 1.74. The number of amides is 1. The maximum absolute atomic E-state index is 12.5. The Hall–Kier alpha value is -3.26. The molecule has 27 heavy (non-hydrogen) atoms. The van der Waals surface area contributed by atoms with Crippen molar-refractivity contribution >= 4 is 50.0 Å². The molecular weight excluding hydrogens is 360 g/mol. The minimum Gasteiger partial charge on any atom is -0.381 e. The summed E-state index contributed by atoms with van der Waals surface area (Å²) in [5, 5.41) is 12.7. The van der Waals surface area contributed by atoms with Crippen LogP contribution in [-0.4, -0.2) is 38.2 Å². The maximum Gasteiger partial charge on any atom is 0.263 e. The summed E-state index contributed by atoms with van der Waals surface area (Å²) in [5.41, 5.74) is 1.73. The lowest BCUT2D eigenvalue weighted by Gasteiger charge is -2.10. The summed E-state index contributed by atoms with van der Waals surface area (Å²) in [6.07, 6.45) is 3.12. The third-order valence-electron chi connectivity index (χ3n) is 4.65. The van der Waals surface area contributed by atoms with Crippen LogP contribution in [0.25, 0.3) is 32.9 Å². The minimum atomic E-state index is -0.0281. The van der Waals surface area contributed by atoms with Crippen LogP contribution in [0.1, 0.15) is 22.4 Å². The topological polar surface area (TPSA) is 84.7 Å². The highest BCUT2D eigenvalue weighted by Gasteiger charge is 2.24. The molecule has 5 rings (SSSR count). The summed E-state index contributed by atoms with van der Waals surface area (Å²) in [6, 6.07) is 8.00. The first kappa shape index (κ1) is 16.0. The number of carbonyl (C=O) groups is 1. The van der Waals surface area contributed by atoms with Gasteiger partial charge in [0, 0.05) is 28.1 Å². The van der Waals surface area contributed by atoms with Crippen molar-refractivity contribution in [3.63, 3.8) is 0 Å². The Morgan fingerprint density at radius 2 is 2.22 bits per heavy atom. The van der Waals surface area contributed by atoms with E-state index in [1.54, 1.807) is 10.8 Å². The van der Waals surface area contributed by atoms with Crippen LogP contribution in [-0.2, 0) is 0 Å². The second kappa shape index (κ2) is 5.88. The van der Waals surface area contributed by atoms with Gasteiger partial charge in [0.05, 0.1) is 11.2 Å². The third-order valence-corrected chi connectivity index (χ3v) is 5.80. The number of hydrogen-bond donors (Lipinski definition) is 2. The average molecular weight is 376 g/mol. The number of aromatic nitrogens is 4. The largest absolute Gasteiger partial charge is 0.381 e. The van der Waals surface area contributed by atoms with Gasteiger partial charge in [-0.3, -0.25) is 4.79 Å². The first-order valence-corrected chi connectivity index (χ1v) is 9.41. The van der Waals surface area contributed by atoms with Crippen molar-refractivity contribution in [1.29, 1.82) is 0 Å². The predicted molar refractivity (Wildman–Crippen MR) is 108 cm³/mol. The van der Waals surface area contributed by atoms with Gasteiger partial charge in [0.1, 0.15) is 11.2 Å². The lowest BCUT2D eigenvalue weighted by atomic mass is 10.1. The van der Waals surface area contributed by atoms with Gasteiger partial charge in [-0.2, -0.15) is 9.78 Å². The number of fused-ring (bicyclic) bond motifs is 5. The lowest BCUT2D eigenvalue weighted by Crippen LogP contribution is -2.34. The van der Waals surface area contributed by atoms with E-state index >= 15 is 0 Å². The summed E-state index contributed by atoms with van der Waals surface area (Å²) < 4.78 is 2.71. The van der Waals surface area contributed by atoms with E-state index in [1.165, 1.54) is 17.7 Å². The second-order valence-corrected chi connectivity index (χ2v) is 7.52. The monoisotopic (exact) mass is 376 g/mol. The molecule has 1 aliphatic heterocycles. The molecule has 0 saturated carbocycles. The van der Waals surface area contributed by atoms with Gasteiger partial charge in [-0.15, -0.1) is 11.3 Å². The first-order chi connectivity index (χ1) is 13.2. The van der Waals surface area contributed by atoms with E-state index in [2.05, 4.69) is 27.3 Å². The molecule has 0 fully saturated rings. The molecule has 134 valence electrons. The van der Waals surface area contributed by atoms with Gasteiger partial charge in [0.15, 0.2) is 11.6 Å². The molecule has 0 saturated heterocycles. The van der Waals surface area contributed by atoms with Crippen LogP contribution in [0.4, 0.5) is 5.69 Å². The van der Waals surface area contributed by atoms with E-state index in [-0.39, 0.29) is 11.9 Å². The number of pyridine rings is 1. The molecule has 0 aliphatic carbocycles. The number of anilines is 1. The Morgan fingerprint density at radius 1 is 1.33 bits per heavy atom. The molecule has 1 aromatic carbocycles. The molecule has 0 radical (unpaired) electrons. The Labute approximate surface area is 158 Å². The van der Waals surface area contributed by atoms with Crippen LogP contribution < -0.4 is 10.6 Å². The van der Waals surface area contributed by atoms with E-state index in [4.69, 9.17) is 4.98 Å². The average Bonchev–Trinajstić information content (AvgIpc) is 3.27. The van der Waals surface area contributed by atoms with Crippen LogP contribution >= 0.6 is 11.3 Å². The van der Waals surface area contributed by atoms with Crippen LogP contribution in [0.3, 0.4) is 0 Å². The van der Waals surface area contributed by atoms with Gasteiger partial charge in [0.2, 0.25) is 0 Å². The van der Waals surface area contributed by atoms with Crippen molar-refractivity contribution in [2.45, 2.75) is 13.0 Å². The van der Waals surface area contributed by atoms with Crippen molar-refractivity contribution < 1.29 is 4.79 Å². The van der Waals surface area contributed by atoms with E-state index in [0.717, 1.165) is 31.6 Å². The number of carbonyl (C=O) groups excluding carboxylic acids is 1. The van der Waals surface area contributed by atoms with E-state index < -0.39 is 0 Å². The molecule has 0 bridgehead atoms. The molecule has 4 aromatic rings. The SMILES string of the molecule is C=Cc1ncnn1-c1ccc2c(ccc3sc4c(c32)NC[C@@H](C)NC4=O)n1. The van der Waals surface area contributed by atoms with Crippen molar-refractivity contribution in [2.24, 2.45) is 0 Å². The van der Waals surface area contributed by atoms with Crippen molar-refractivity contribution in [2.75, 3.05) is 11.9 Å². The normalized spacial score (nSPS) is 16.6. The van der Waals surface area contributed by atoms with Crippen molar-refractivity contribution in [3.05, 3.63) is 47.9 Å².